The van der Waals surface area contributed by atoms with Crippen LogP contribution in [0.3, 0.4) is 0 Å². The van der Waals surface area contributed by atoms with Crippen molar-refractivity contribution in [2.75, 3.05) is 26.1 Å². The zero-order chi connectivity index (χ0) is 12.8. The first kappa shape index (κ1) is 13.2. The molecule has 1 aliphatic rings. The van der Waals surface area contributed by atoms with Crippen molar-refractivity contribution in [3.8, 4) is 0 Å². The van der Waals surface area contributed by atoms with E-state index in [2.05, 4.69) is 15.3 Å². The predicted molar refractivity (Wildman–Crippen MR) is 69.5 cm³/mol. The topological polar surface area (TPSA) is 56.3 Å². The van der Waals surface area contributed by atoms with E-state index in [1.54, 1.807) is 20.5 Å². The minimum atomic E-state index is -0.255. The van der Waals surface area contributed by atoms with E-state index in [0.717, 1.165) is 11.5 Å². The van der Waals surface area contributed by atoms with Crippen LogP contribution in [0.5, 0.6) is 0 Å². The quantitative estimate of drug-likeness (QED) is 0.785. The zero-order valence-corrected chi connectivity index (χ0v) is 11.1. The molecule has 18 heavy (non-hydrogen) atoms. The van der Waals surface area contributed by atoms with Crippen molar-refractivity contribution in [1.82, 2.24) is 9.97 Å². The number of hydrogen-bond acceptors (Lipinski definition) is 5. The summed E-state index contributed by atoms with van der Waals surface area (Å²) in [6.45, 7) is 0.578. The number of nitrogens with one attached hydrogen (secondary N) is 1. The lowest BCUT2D eigenvalue weighted by atomic mass is 10.0. The highest BCUT2D eigenvalue weighted by molar-refractivity contribution is 5.36. The van der Waals surface area contributed by atoms with E-state index in [0.29, 0.717) is 12.5 Å². The molecule has 0 unspecified atom stereocenters. The smallest absolute Gasteiger partial charge is 0.173 e. The molecule has 0 bridgehead atoms. The normalized spacial score (nSPS) is 16.4. The van der Waals surface area contributed by atoms with Crippen LogP contribution in [0.15, 0.2) is 12.4 Å². The van der Waals surface area contributed by atoms with Crippen molar-refractivity contribution >= 4 is 5.82 Å². The van der Waals surface area contributed by atoms with Crippen molar-refractivity contribution in [3.63, 3.8) is 0 Å². The maximum Gasteiger partial charge on any atom is 0.173 e. The van der Waals surface area contributed by atoms with E-state index in [1.165, 1.54) is 25.7 Å². The van der Waals surface area contributed by atoms with Crippen LogP contribution in [0.1, 0.15) is 37.3 Å². The van der Waals surface area contributed by atoms with E-state index >= 15 is 0 Å². The number of anilines is 1. The molecule has 5 heteroatoms. The molecule has 0 amide bonds. The number of ether oxygens (including phenoxy) is 2. The molecule has 1 aliphatic carbocycles. The minimum absolute atomic E-state index is 0.255. The summed E-state index contributed by atoms with van der Waals surface area (Å²) in [7, 11) is 3.25. The summed E-state index contributed by atoms with van der Waals surface area (Å²) in [6, 6.07) is 2.04. The van der Waals surface area contributed by atoms with Crippen LogP contribution < -0.4 is 5.32 Å². The summed E-state index contributed by atoms with van der Waals surface area (Å²) in [4.78, 5) is 8.59. The van der Waals surface area contributed by atoms with Crippen molar-refractivity contribution < 1.29 is 9.47 Å². The maximum absolute atomic E-state index is 5.12. The van der Waals surface area contributed by atoms with Gasteiger partial charge in [-0.1, -0.05) is 12.8 Å². The van der Waals surface area contributed by atoms with Gasteiger partial charge in [0.15, 0.2) is 6.29 Å². The lowest BCUT2D eigenvalue weighted by molar-refractivity contribution is -0.0914. The fraction of sp³-hybridized carbons (Fsp3) is 0.692. The molecule has 0 saturated heterocycles. The fourth-order valence-corrected chi connectivity index (χ4v) is 2.36. The molecule has 100 valence electrons. The van der Waals surface area contributed by atoms with Gasteiger partial charge in [0.25, 0.3) is 0 Å². The first-order valence-corrected chi connectivity index (χ1v) is 6.45. The van der Waals surface area contributed by atoms with E-state index in [9.17, 15) is 0 Å². The first-order chi connectivity index (χ1) is 8.83. The van der Waals surface area contributed by atoms with Gasteiger partial charge in [-0.3, -0.25) is 0 Å². The summed E-state index contributed by atoms with van der Waals surface area (Å²) in [5.41, 5.74) is 1.15. The summed E-state index contributed by atoms with van der Waals surface area (Å²) in [6.07, 6.45) is 6.49. The Morgan fingerprint density at radius 2 is 2.00 bits per heavy atom. The Morgan fingerprint density at radius 3 is 2.67 bits per heavy atom. The molecule has 1 fully saturated rings. The average Bonchev–Trinajstić information content (AvgIpc) is 2.94. The second-order valence-corrected chi connectivity index (χ2v) is 4.59. The van der Waals surface area contributed by atoms with Gasteiger partial charge in [0.1, 0.15) is 12.1 Å². The van der Waals surface area contributed by atoms with Gasteiger partial charge in [-0.2, -0.15) is 0 Å². The standard InChI is InChI=1S/C13H21N3O2/c1-17-13(18-2)8-14-12-7-11(15-9-16-12)10-5-3-4-6-10/h7,9-10,13H,3-6,8H2,1-2H3,(H,14,15,16). The van der Waals surface area contributed by atoms with Crippen LogP contribution in [-0.4, -0.2) is 37.0 Å². The molecule has 1 heterocycles. The van der Waals surface area contributed by atoms with Gasteiger partial charge in [0.2, 0.25) is 0 Å². The molecule has 1 aromatic rings. The molecular formula is C13H21N3O2. The van der Waals surface area contributed by atoms with Gasteiger partial charge < -0.3 is 14.8 Å². The Balaban J connectivity index is 1.94. The van der Waals surface area contributed by atoms with Crippen molar-refractivity contribution in [1.29, 1.82) is 0 Å². The molecule has 0 aromatic carbocycles. The SMILES string of the molecule is COC(CNc1cc(C2CCCC2)ncn1)OC. The number of nitrogens with zero attached hydrogens (tertiary/aromatic N) is 2. The first-order valence-electron chi connectivity index (χ1n) is 6.45. The van der Waals surface area contributed by atoms with E-state index < -0.39 is 0 Å². The van der Waals surface area contributed by atoms with Crippen LogP contribution in [0.2, 0.25) is 0 Å². The molecule has 1 N–H and O–H groups in total. The Labute approximate surface area is 108 Å². The van der Waals surface area contributed by atoms with Crippen LogP contribution in [-0.2, 0) is 9.47 Å². The Kier molecular flexibility index (Phi) is 4.90. The maximum atomic E-state index is 5.12. The largest absolute Gasteiger partial charge is 0.365 e. The number of rotatable bonds is 6. The number of aromatic nitrogens is 2. The highest BCUT2D eigenvalue weighted by Crippen LogP contribution is 2.33. The summed E-state index contributed by atoms with van der Waals surface area (Å²) in [5.74, 6) is 1.44. The van der Waals surface area contributed by atoms with Crippen LogP contribution in [0.4, 0.5) is 5.82 Å². The molecule has 2 rings (SSSR count). The molecule has 0 radical (unpaired) electrons. The van der Waals surface area contributed by atoms with Crippen molar-refractivity contribution in [2.45, 2.75) is 37.9 Å². The lowest BCUT2D eigenvalue weighted by Gasteiger charge is -2.15. The monoisotopic (exact) mass is 251 g/mol. The number of hydrogen-bond donors (Lipinski definition) is 1. The van der Waals surface area contributed by atoms with Crippen LogP contribution in [0.25, 0.3) is 0 Å². The Bertz CT molecular complexity index is 363. The highest BCUT2D eigenvalue weighted by Gasteiger charge is 2.18. The van der Waals surface area contributed by atoms with Gasteiger partial charge in [-0.25, -0.2) is 9.97 Å². The van der Waals surface area contributed by atoms with E-state index in [-0.39, 0.29) is 6.29 Å². The third-order valence-corrected chi connectivity index (χ3v) is 3.44. The van der Waals surface area contributed by atoms with Crippen LogP contribution >= 0.6 is 0 Å². The van der Waals surface area contributed by atoms with Crippen LogP contribution in [0, 0.1) is 0 Å². The minimum Gasteiger partial charge on any atom is -0.365 e. The third-order valence-electron chi connectivity index (χ3n) is 3.44. The van der Waals surface area contributed by atoms with Gasteiger partial charge >= 0.3 is 0 Å². The Hall–Kier alpha value is -1.20. The predicted octanol–water partition coefficient (Wildman–Crippen LogP) is 2.17. The second-order valence-electron chi connectivity index (χ2n) is 4.59. The third kappa shape index (κ3) is 3.40. The van der Waals surface area contributed by atoms with Crippen molar-refractivity contribution in [3.05, 3.63) is 18.1 Å². The molecule has 1 aromatic heterocycles. The average molecular weight is 251 g/mol. The molecule has 0 spiro atoms. The molecule has 1 saturated carbocycles. The van der Waals surface area contributed by atoms with Gasteiger partial charge in [0, 0.05) is 31.9 Å². The zero-order valence-electron chi connectivity index (χ0n) is 11.1. The lowest BCUT2D eigenvalue weighted by Crippen LogP contribution is -2.24. The van der Waals surface area contributed by atoms with Gasteiger partial charge in [-0.05, 0) is 12.8 Å². The van der Waals surface area contributed by atoms with Gasteiger partial charge in [-0.15, -0.1) is 0 Å². The highest BCUT2D eigenvalue weighted by atomic mass is 16.7. The van der Waals surface area contributed by atoms with E-state index in [4.69, 9.17) is 9.47 Å². The van der Waals surface area contributed by atoms with Crippen molar-refractivity contribution in [2.24, 2.45) is 0 Å². The number of methoxy groups -OCH3 is 2. The summed E-state index contributed by atoms with van der Waals surface area (Å²) in [5, 5.41) is 3.21. The summed E-state index contributed by atoms with van der Waals surface area (Å²) < 4.78 is 10.2. The molecular weight excluding hydrogens is 230 g/mol. The molecule has 0 aliphatic heterocycles. The second kappa shape index (κ2) is 6.66. The Morgan fingerprint density at radius 1 is 1.28 bits per heavy atom. The fourth-order valence-electron chi connectivity index (χ4n) is 2.36. The van der Waals surface area contributed by atoms with Gasteiger partial charge in [0.05, 0.1) is 6.54 Å². The molecule has 5 nitrogen and oxygen atoms in total. The molecule has 0 atom stereocenters. The summed E-state index contributed by atoms with van der Waals surface area (Å²) >= 11 is 0. The van der Waals surface area contributed by atoms with E-state index in [1.807, 2.05) is 6.07 Å².